The van der Waals surface area contributed by atoms with Crippen molar-refractivity contribution in [1.82, 2.24) is 5.43 Å². The minimum absolute atomic E-state index is 0.192. The van der Waals surface area contributed by atoms with Crippen molar-refractivity contribution in [3.05, 3.63) is 35.4 Å². The maximum Gasteiger partial charge on any atom is 0.265 e. The van der Waals surface area contributed by atoms with Crippen molar-refractivity contribution in [1.29, 1.82) is 0 Å². The number of amides is 1. The zero-order chi connectivity index (χ0) is 9.26. The first-order chi connectivity index (χ1) is 6.33. The largest absolute Gasteiger partial charge is 0.290 e. The van der Waals surface area contributed by atoms with Gasteiger partial charge < -0.3 is 0 Å². The predicted octanol–water partition coefficient (Wildman–Crippen LogP) is 1.17. The third kappa shape index (κ3) is 1.55. The van der Waals surface area contributed by atoms with Gasteiger partial charge in [-0.2, -0.15) is 0 Å². The van der Waals surface area contributed by atoms with Gasteiger partial charge in [-0.1, -0.05) is 18.2 Å². The first-order valence-electron chi connectivity index (χ1n) is 4.43. The van der Waals surface area contributed by atoms with Gasteiger partial charge in [-0.05, 0) is 30.4 Å². The first-order valence-corrected chi connectivity index (χ1v) is 4.43. The van der Waals surface area contributed by atoms with Gasteiger partial charge in [-0.3, -0.25) is 10.2 Å². The first kappa shape index (κ1) is 8.26. The van der Waals surface area contributed by atoms with Crippen molar-refractivity contribution in [2.45, 2.75) is 18.8 Å². The predicted molar refractivity (Wildman–Crippen MR) is 50.1 cm³/mol. The number of hydrazine groups is 1. The minimum Gasteiger partial charge on any atom is -0.290 e. The Bertz CT molecular complexity index is 331. The molecule has 1 saturated carbocycles. The molecule has 2 rings (SSSR count). The number of carbonyl (C=O) groups is 1. The third-order valence-corrected chi connectivity index (χ3v) is 2.35. The van der Waals surface area contributed by atoms with E-state index in [0.29, 0.717) is 11.5 Å². The monoisotopic (exact) mass is 176 g/mol. The molecule has 1 aliphatic rings. The van der Waals surface area contributed by atoms with Gasteiger partial charge in [0.25, 0.3) is 5.91 Å². The highest BCUT2D eigenvalue weighted by molar-refractivity contribution is 5.95. The zero-order valence-electron chi connectivity index (χ0n) is 7.29. The van der Waals surface area contributed by atoms with Gasteiger partial charge in [0.2, 0.25) is 0 Å². The number of nitrogens with two attached hydrogens (primary N) is 1. The second kappa shape index (κ2) is 3.18. The molecule has 0 aliphatic heterocycles. The molecule has 68 valence electrons. The third-order valence-electron chi connectivity index (χ3n) is 2.35. The molecule has 13 heavy (non-hydrogen) atoms. The lowest BCUT2D eigenvalue weighted by atomic mass is 10.0. The van der Waals surface area contributed by atoms with Gasteiger partial charge in [-0.25, -0.2) is 5.84 Å². The highest BCUT2D eigenvalue weighted by Gasteiger charge is 2.27. The van der Waals surface area contributed by atoms with Gasteiger partial charge in [-0.15, -0.1) is 0 Å². The lowest BCUT2D eigenvalue weighted by molar-refractivity contribution is 0.0952. The topological polar surface area (TPSA) is 55.1 Å². The fourth-order valence-electron chi connectivity index (χ4n) is 1.53. The van der Waals surface area contributed by atoms with Crippen LogP contribution in [0.15, 0.2) is 24.3 Å². The molecule has 0 unspecified atom stereocenters. The van der Waals surface area contributed by atoms with Crippen LogP contribution in [0.2, 0.25) is 0 Å². The molecule has 0 heterocycles. The molecule has 3 heteroatoms. The lowest BCUT2D eigenvalue weighted by Crippen LogP contribution is -2.30. The van der Waals surface area contributed by atoms with Gasteiger partial charge >= 0.3 is 0 Å². The number of nitrogen functional groups attached to an aromatic ring is 1. The number of rotatable bonds is 2. The van der Waals surface area contributed by atoms with Crippen molar-refractivity contribution >= 4 is 5.91 Å². The van der Waals surface area contributed by atoms with E-state index < -0.39 is 0 Å². The van der Waals surface area contributed by atoms with Crippen molar-refractivity contribution in [3.8, 4) is 0 Å². The Morgan fingerprint density at radius 3 is 2.69 bits per heavy atom. The summed E-state index contributed by atoms with van der Waals surface area (Å²) in [6, 6.07) is 7.63. The van der Waals surface area contributed by atoms with Crippen LogP contribution >= 0.6 is 0 Å². The summed E-state index contributed by atoms with van der Waals surface area (Å²) in [5.41, 5.74) is 4.01. The smallest absolute Gasteiger partial charge is 0.265 e. The van der Waals surface area contributed by atoms with Gasteiger partial charge in [0.1, 0.15) is 0 Å². The van der Waals surface area contributed by atoms with Crippen LogP contribution in [0, 0.1) is 0 Å². The Morgan fingerprint density at radius 2 is 2.08 bits per heavy atom. The molecule has 0 radical (unpaired) electrons. The highest BCUT2D eigenvalue weighted by Crippen LogP contribution is 2.41. The molecule has 1 fully saturated rings. The molecule has 3 nitrogen and oxygen atoms in total. The van der Waals surface area contributed by atoms with Gasteiger partial charge in [0.05, 0.1) is 0 Å². The van der Waals surface area contributed by atoms with Crippen molar-refractivity contribution in [2.24, 2.45) is 5.84 Å². The number of benzene rings is 1. The summed E-state index contributed by atoms with van der Waals surface area (Å²) in [5.74, 6) is 5.48. The number of hydrogen-bond donors (Lipinski definition) is 2. The van der Waals surface area contributed by atoms with Gasteiger partial charge in [0, 0.05) is 5.56 Å². The fourth-order valence-corrected chi connectivity index (χ4v) is 1.53. The van der Waals surface area contributed by atoms with Crippen LogP contribution in [0.25, 0.3) is 0 Å². The van der Waals surface area contributed by atoms with E-state index >= 15 is 0 Å². The quantitative estimate of drug-likeness (QED) is 0.403. The molecule has 1 aromatic rings. The Labute approximate surface area is 76.9 Å². The summed E-state index contributed by atoms with van der Waals surface area (Å²) in [6.07, 6.45) is 2.38. The summed E-state index contributed by atoms with van der Waals surface area (Å²) < 4.78 is 0. The molecule has 0 bridgehead atoms. The Hall–Kier alpha value is -1.35. The summed E-state index contributed by atoms with van der Waals surface area (Å²) in [4.78, 5) is 11.3. The average molecular weight is 176 g/mol. The molecule has 1 amide bonds. The van der Waals surface area contributed by atoms with E-state index in [1.807, 2.05) is 24.3 Å². The lowest BCUT2D eigenvalue weighted by Gasteiger charge is -2.05. The molecule has 0 atom stereocenters. The molecule has 1 aliphatic carbocycles. The van der Waals surface area contributed by atoms with Crippen molar-refractivity contribution in [2.75, 3.05) is 0 Å². The summed E-state index contributed by atoms with van der Waals surface area (Å²) in [6.45, 7) is 0. The van der Waals surface area contributed by atoms with E-state index in [4.69, 9.17) is 5.84 Å². The highest BCUT2D eigenvalue weighted by atomic mass is 16.2. The number of hydrogen-bond acceptors (Lipinski definition) is 2. The Morgan fingerprint density at radius 1 is 1.38 bits per heavy atom. The van der Waals surface area contributed by atoms with Crippen LogP contribution in [0.4, 0.5) is 0 Å². The standard InChI is InChI=1S/C10H12N2O/c11-12-10(13)9-4-2-1-3-8(9)7-5-6-7/h1-4,7H,5-6,11H2,(H,12,13). The van der Waals surface area contributed by atoms with Crippen LogP contribution in [0.5, 0.6) is 0 Å². The molecule has 3 N–H and O–H groups in total. The SMILES string of the molecule is NNC(=O)c1ccccc1C1CC1. The second-order valence-corrected chi connectivity index (χ2v) is 3.33. The second-order valence-electron chi connectivity index (χ2n) is 3.33. The van der Waals surface area contributed by atoms with Crippen molar-refractivity contribution < 1.29 is 4.79 Å². The van der Waals surface area contributed by atoms with E-state index in [1.165, 1.54) is 12.8 Å². The maximum atomic E-state index is 11.3. The van der Waals surface area contributed by atoms with Crippen LogP contribution < -0.4 is 11.3 Å². The van der Waals surface area contributed by atoms with Crippen LogP contribution in [-0.4, -0.2) is 5.91 Å². The molecule has 0 aromatic heterocycles. The number of carbonyl (C=O) groups excluding carboxylic acids is 1. The molecule has 0 saturated heterocycles. The number of nitrogens with one attached hydrogen (secondary N) is 1. The fraction of sp³-hybridized carbons (Fsp3) is 0.300. The van der Waals surface area contributed by atoms with E-state index in [-0.39, 0.29) is 5.91 Å². The van der Waals surface area contributed by atoms with Crippen LogP contribution in [0.1, 0.15) is 34.7 Å². The van der Waals surface area contributed by atoms with Crippen LogP contribution in [0.3, 0.4) is 0 Å². The minimum atomic E-state index is -0.192. The van der Waals surface area contributed by atoms with Crippen LogP contribution in [-0.2, 0) is 0 Å². The van der Waals surface area contributed by atoms with E-state index in [2.05, 4.69) is 5.43 Å². The van der Waals surface area contributed by atoms with Crippen molar-refractivity contribution in [3.63, 3.8) is 0 Å². The Kier molecular flexibility index (Phi) is 2.02. The van der Waals surface area contributed by atoms with Gasteiger partial charge in [0.15, 0.2) is 0 Å². The summed E-state index contributed by atoms with van der Waals surface area (Å²) >= 11 is 0. The zero-order valence-corrected chi connectivity index (χ0v) is 7.29. The van der Waals surface area contributed by atoms with E-state index in [1.54, 1.807) is 0 Å². The molecule has 1 aromatic carbocycles. The maximum absolute atomic E-state index is 11.3. The summed E-state index contributed by atoms with van der Waals surface area (Å²) in [5, 5.41) is 0. The summed E-state index contributed by atoms with van der Waals surface area (Å²) in [7, 11) is 0. The van der Waals surface area contributed by atoms with E-state index in [0.717, 1.165) is 5.56 Å². The Balaban J connectivity index is 2.36. The molecular formula is C10H12N2O. The van der Waals surface area contributed by atoms with E-state index in [9.17, 15) is 4.79 Å². The molecule has 0 spiro atoms. The normalized spacial score (nSPS) is 15.5. The average Bonchev–Trinajstić information content (AvgIpc) is 3.00. The molecular weight excluding hydrogens is 164 g/mol.